The number of rotatable bonds is 8. The normalized spacial score (nSPS) is 11.2. The molecule has 0 spiro atoms. The van der Waals surface area contributed by atoms with Crippen LogP contribution >= 0.6 is 0 Å². The van der Waals surface area contributed by atoms with Gasteiger partial charge in [0.25, 0.3) is 0 Å². The molecular weight excluding hydrogens is 300 g/mol. The van der Waals surface area contributed by atoms with Crippen molar-refractivity contribution >= 4 is 0 Å². The van der Waals surface area contributed by atoms with Gasteiger partial charge in [-0.15, -0.1) is 0 Å². The molecule has 0 aliphatic carbocycles. The quantitative estimate of drug-likeness (QED) is 0.730. The second-order valence-corrected chi connectivity index (χ2v) is 5.99. The standard InChI is InChI=1S/C19H28N4O/c1-5-23(6-2)10-9-20-13-17-11-16(7-8-18(17)24)19-15(4)21-12-14(3)22-19/h7-8,11-12,20,24H,5-6,9-10,13H2,1-4H3. The molecule has 0 fully saturated rings. The second kappa shape index (κ2) is 8.76. The van der Waals surface area contributed by atoms with Crippen LogP contribution in [0.3, 0.4) is 0 Å². The van der Waals surface area contributed by atoms with E-state index in [0.29, 0.717) is 12.3 Å². The van der Waals surface area contributed by atoms with Gasteiger partial charge < -0.3 is 15.3 Å². The summed E-state index contributed by atoms with van der Waals surface area (Å²) in [5.41, 5.74) is 4.53. The number of phenolic OH excluding ortho intramolecular Hbond substituents is 1. The van der Waals surface area contributed by atoms with Crippen LogP contribution in [0.4, 0.5) is 0 Å². The molecular formula is C19H28N4O. The van der Waals surface area contributed by atoms with Crippen molar-refractivity contribution in [2.75, 3.05) is 26.2 Å². The molecule has 0 aliphatic heterocycles. The van der Waals surface area contributed by atoms with Crippen molar-refractivity contribution in [1.29, 1.82) is 0 Å². The van der Waals surface area contributed by atoms with Crippen molar-refractivity contribution < 1.29 is 5.11 Å². The Kier molecular flexibility index (Phi) is 6.70. The molecule has 1 heterocycles. The molecule has 0 bridgehead atoms. The Labute approximate surface area is 144 Å². The zero-order valence-electron chi connectivity index (χ0n) is 15.1. The van der Waals surface area contributed by atoms with Gasteiger partial charge in [-0.3, -0.25) is 4.98 Å². The smallest absolute Gasteiger partial charge is 0.120 e. The number of likely N-dealkylation sites (N-methyl/N-ethyl adjacent to an activating group) is 1. The lowest BCUT2D eigenvalue weighted by molar-refractivity contribution is 0.302. The summed E-state index contributed by atoms with van der Waals surface area (Å²) in [6.45, 7) is 12.9. The van der Waals surface area contributed by atoms with Crippen LogP contribution in [-0.4, -0.2) is 46.2 Å². The number of aromatic nitrogens is 2. The number of phenols is 1. The van der Waals surface area contributed by atoms with Crippen molar-refractivity contribution in [2.24, 2.45) is 0 Å². The Balaban J connectivity index is 2.07. The third-order valence-electron chi connectivity index (χ3n) is 4.24. The maximum absolute atomic E-state index is 10.1. The fourth-order valence-electron chi connectivity index (χ4n) is 2.69. The molecule has 24 heavy (non-hydrogen) atoms. The van der Waals surface area contributed by atoms with E-state index in [9.17, 15) is 5.11 Å². The van der Waals surface area contributed by atoms with Crippen LogP contribution in [-0.2, 0) is 6.54 Å². The highest BCUT2D eigenvalue weighted by Crippen LogP contribution is 2.26. The van der Waals surface area contributed by atoms with Crippen LogP contribution in [0.25, 0.3) is 11.3 Å². The zero-order valence-corrected chi connectivity index (χ0v) is 15.1. The first-order valence-corrected chi connectivity index (χ1v) is 8.60. The van der Waals surface area contributed by atoms with Gasteiger partial charge in [0.1, 0.15) is 5.75 Å². The molecule has 0 radical (unpaired) electrons. The molecule has 0 saturated heterocycles. The highest BCUT2D eigenvalue weighted by atomic mass is 16.3. The number of hydrogen-bond acceptors (Lipinski definition) is 5. The maximum Gasteiger partial charge on any atom is 0.120 e. The SMILES string of the molecule is CCN(CC)CCNCc1cc(-c2nc(C)cnc2C)ccc1O. The Morgan fingerprint density at radius 2 is 1.92 bits per heavy atom. The average molecular weight is 328 g/mol. The summed E-state index contributed by atoms with van der Waals surface area (Å²) in [6.07, 6.45) is 1.77. The summed E-state index contributed by atoms with van der Waals surface area (Å²) in [4.78, 5) is 11.3. The van der Waals surface area contributed by atoms with E-state index in [1.165, 1.54) is 0 Å². The van der Waals surface area contributed by atoms with Crippen molar-refractivity contribution in [3.63, 3.8) is 0 Å². The van der Waals surface area contributed by atoms with Gasteiger partial charge in [-0.2, -0.15) is 0 Å². The third-order valence-corrected chi connectivity index (χ3v) is 4.24. The van der Waals surface area contributed by atoms with E-state index in [-0.39, 0.29) is 0 Å². The number of hydrogen-bond donors (Lipinski definition) is 2. The summed E-state index contributed by atoms with van der Waals surface area (Å²) in [5, 5.41) is 13.5. The molecule has 5 nitrogen and oxygen atoms in total. The lowest BCUT2D eigenvalue weighted by Crippen LogP contribution is -2.31. The van der Waals surface area contributed by atoms with Gasteiger partial charge in [-0.25, -0.2) is 4.98 Å². The van der Waals surface area contributed by atoms with Crippen LogP contribution in [0.5, 0.6) is 5.75 Å². The highest BCUT2D eigenvalue weighted by Gasteiger charge is 2.09. The zero-order chi connectivity index (χ0) is 17.5. The van der Waals surface area contributed by atoms with Crippen molar-refractivity contribution in [1.82, 2.24) is 20.2 Å². The maximum atomic E-state index is 10.1. The van der Waals surface area contributed by atoms with Gasteiger partial charge in [-0.05, 0) is 45.1 Å². The number of nitrogens with one attached hydrogen (secondary N) is 1. The van der Waals surface area contributed by atoms with Gasteiger partial charge in [0.2, 0.25) is 0 Å². The van der Waals surface area contributed by atoms with Crippen LogP contribution < -0.4 is 5.32 Å². The summed E-state index contributed by atoms with van der Waals surface area (Å²) in [5.74, 6) is 0.312. The summed E-state index contributed by atoms with van der Waals surface area (Å²) >= 11 is 0. The van der Waals surface area contributed by atoms with E-state index in [2.05, 4.69) is 34.0 Å². The van der Waals surface area contributed by atoms with E-state index in [0.717, 1.165) is 54.4 Å². The fraction of sp³-hybridized carbons (Fsp3) is 0.474. The molecule has 2 aromatic rings. The van der Waals surface area contributed by atoms with E-state index in [1.807, 2.05) is 26.0 Å². The highest BCUT2D eigenvalue weighted by molar-refractivity contribution is 5.64. The van der Waals surface area contributed by atoms with Gasteiger partial charge in [0, 0.05) is 37.0 Å². The Morgan fingerprint density at radius 1 is 1.17 bits per heavy atom. The van der Waals surface area contributed by atoms with E-state index >= 15 is 0 Å². The molecule has 0 amide bonds. The largest absolute Gasteiger partial charge is 0.508 e. The van der Waals surface area contributed by atoms with Crippen LogP contribution in [0.2, 0.25) is 0 Å². The Bertz CT molecular complexity index is 668. The minimum atomic E-state index is 0.312. The molecule has 1 aromatic heterocycles. The lowest BCUT2D eigenvalue weighted by atomic mass is 10.1. The van der Waals surface area contributed by atoms with Gasteiger partial charge in [-0.1, -0.05) is 13.8 Å². The number of nitrogens with zero attached hydrogens (tertiary/aromatic N) is 3. The van der Waals surface area contributed by atoms with Crippen molar-refractivity contribution in [2.45, 2.75) is 34.2 Å². The number of aryl methyl sites for hydroxylation is 2. The average Bonchev–Trinajstić information content (AvgIpc) is 2.59. The van der Waals surface area contributed by atoms with E-state index in [1.54, 1.807) is 12.3 Å². The topological polar surface area (TPSA) is 61.3 Å². The minimum absolute atomic E-state index is 0.312. The van der Waals surface area contributed by atoms with Gasteiger partial charge in [0.05, 0.1) is 17.1 Å². The summed E-state index contributed by atoms with van der Waals surface area (Å²) in [6, 6.07) is 5.63. The molecule has 2 rings (SSSR count). The molecule has 2 N–H and O–H groups in total. The monoisotopic (exact) mass is 328 g/mol. The minimum Gasteiger partial charge on any atom is -0.508 e. The summed E-state index contributed by atoms with van der Waals surface area (Å²) < 4.78 is 0. The van der Waals surface area contributed by atoms with Crippen LogP contribution in [0.1, 0.15) is 30.8 Å². The molecule has 0 atom stereocenters. The third kappa shape index (κ3) is 4.76. The molecule has 0 aliphatic rings. The Morgan fingerprint density at radius 3 is 2.62 bits per heavy atom. The Hall–Kier alpha value is -1.98. The number of benzene rings is 1. The first-order chi connectivity index (χ1) is 11.5. The van der Waals surface area contributed by atoms with Crippen LogP contribution in [0.15, 0.2) is 24.4 Å². The lowest BCUT2D eigenvalue weighted by Gasteiger charge is -2.18. The van der Waals surface area contributed by atoms with E-state index < -0.39 is 0 Å². The summed E-state index contributed by atoms with van der Waals surface area (Å²) in [7, 11) is 0. The molecule has 1 aromatic carbocycles. The predicted octanol–water partition coefficient (Wildman–Crippen LogP) is 2.90. The molecule has 0 saturated carbocycles. The van der Waals surface area contributed by atoms with E-state index in [4.69, 9.17) is 0 Å². The first kappa shape index (κ1) is 18.4. The van der Waals surface area contributed by atoms with Gasteiger partial charge in [0.15, 0.2) is 0 Å². The number of aromatic hydroxyl groups is 1. The molecule has 0 unspecified atom stereocenters. The van der Waals surface area contributed by atoms with Crippen LogP contribution in [0, 0.1) is 13.8 Å². The second-order valence-electron chi connectivity index (χ2n) is 5.99. The fourth-order valence-corrected chi connectivity index (χ4v) is 2.69. The van der Waals surface area contributed by atoms with Crippen molar-refractivity contribution in [3.8, 4) is 17.0 Å². The van der Waals surface area contributed by atoms with Crippen molar-refractivity contribution in [3.05, 3.63) is 41.3 Å². The molecule has 5 heteroatoms. The first-order valence-electron chi connectivity index (χ1n) is 8.60. The molecule has 130 valence electrons. The van der Waals surface area contributed by atoms with Gasteiger partial charge >= 0.3 is 0 Å². The predicted molar refractivity (Wildman–Crippen MR) is 98.1 cm³/mol.